The van der Waals surface area contributed by atoms with E-state index >= 15 is 0 Å². The average Bonchev–Trinajstić information content (AvgIpc) is 3.20. The van der Waals surface area contributed by atoms with Gasteiger partial charge in [0.1, 0.15) is 5.69 Å². The van der Waals surface area contributed by atoms with E-state index in [1.807, 2.05) is 13.0 Å². The molecule has 1 N–H and O–H groups in total. The summed E-state index contributed by atoms with van der Waals surface area (Å²) in [5, 5.41) is 4.03. The van der Waals surface area contributed by atoms with Crippen LogP contribution in [0.2, 0.25) is 5.02 Å². The minimum atomic E-state index is 0.578. The van der Waals surface area contributed by atoms with Gasteiger partial charge in [0.2, 0.25) is 0 Å². The smallest absolute Gasteiger partial charge is 0.180 e. The fraction of sp³-hybridized carbons (Fsp3) is 0.357. The van der Waals surface area contributed by atoms with Gasteiger partial charge < -0.3 is 5.32 Å². The summed E-state index contributed by atoms with van der Waals surface area (Å²) in [7, 11) is 0. The second-order valence-corrected chi connectivity index (χ2v) is 5.22. The molecular weight excluding hydrogens is 260 g/mol. The van der Waals surface area contributed by atoms with Crippen molar-refractivity contribution in [2.45, 2.75) is 32.4 Å². The predicted molar refractivity (Wildman–Crippen MR) is 74.9 cm³/mol. The van der Waals surface area contributed by atoms with Gasteiger partial charge in [0, 0.05) is 24.5 Å². The van der Waals surface area contributed by atoms with E-state index in [2.05, 4.69) is 20.3 Å². The standard InChI is InChI=1S/C14H15ClN4/c1-9-7-11(8-17-10-4-5-10)19-14(18-9)13-12(15)3-2-6-16-13/h2-3,6-7,10,17H,4-5,8H2,1H3. The molecule has 0 amide bonds. The molecular formula is C14H15ClN4. The van der Waals surface area contributed by atoms with Crippen LogP contribution in [0.5, 0.6) is 0 Å². The van der Waals surface area contributed by atoms with E-state index in [0.717, 1.165) is 17.9 Å². The summed E-state index contributed by atoms with van der Waals surface area (Å²) in [4.78, 5) is 13.2. The molecule has 98 valence electrons. The molecule has 1 saturated carbocycles. The van der Waals surface area contributed by atoms with Gasteiger partial charge in [0.15, 0.2) is 5.82 Å². The van der Waals surface area contributed by atoms with E-state index in [4.69, 9.17) is 11.6 Å². The SMILES string of the molecule is Cc1cc(CNC2CC2)nc(-c2ncccc2Cl)n1. The molecule has 0 atom stereocenters. The minimum Gasteiger partial charge on any atom is -0.308 e. The maximum atomic E-state index is 6.14. The third kappa shape index (κ3) is 3.08. The number of hydrogen-bond donors (Lipinski definition) is 1. The number of nitrogens with zero attached hydrogens (tertiary/aromatic N) is 3. The molecule has 4 nitrogen and oxygen atoms in total. The molecule has 0 saturated heterocycles. The van der Waals surface area contributed by atoms with E-state index in [1.165, 1.54) is 12.8 Å². The number of rotatable bonds is 4. The van der Waals surface area contributed by atoms with Gasteiger partial charge in [-0.3, -0.25) is 4.98 Å². The summed E-state index contributed by atoms with van der Waals surface area (Å²) in [6, 6.07) is 6.27. The molecule has 0 unspecified atom stereocenters. The zero-order valence-corrected chi connectivity index (χ0v) is 11.5. The van der Waals surface area contributed by atoms with Gasteiger partial charge >= 0.3 is 0 Å². The van der Waals surface area contributed by atoms with Crippen molar-refractivity contribution in [2.24, 2.45) is 0 Å². The Bertz CT molecular complexity index is 596. The Labute approximate surface area is 117 Å². The Balaban J connectivity index is 1.90. The van der Waals surface area contributed by atoms with Crippen LogP contribution in [0.4, 0.5) is 0 Å². The van der Waals surface area contributed by atoms with Crippen LogP contribution in [0.1, 0.15) is 24.2 Å². The second kappa shape index (κ2) is 5.23. The van der Waals surface area contributed by atoms with Crippen LogP contribution in [-0.2, 0) is 6.54 Å². The number of hydrogen-bond acceptors (Lipinski definition) is 4. The summed E-state index contributed by atoms with van der Waals surface area (Å²) < 4.78 is 0. The highest BCUT2D eigenvalue weighted by Crippen LogP contribution is 2.23. The van der Waals surface area contributed by atoms with Gasteiger partial charge in [-0.2, -0.15) is 0 Å². The van der Waals surface area contributed by atoms with Gasteiger partial charge in [-0.1, -0.05) is 11.6 Å². The predicted octanol–water partition coefficient (Wildman–Crippen LogP) is 2.75. The first-order valence-corrected chi connectivity index (χ1v) is 6.79. The molecule has 0 aromatic carbocycles. The van der Waals surface area contributed by atoms with Gasteiger partial charge in [-0.25, -0.2) is 9.97 Å². The number of nitrogens with one attached hydrogen (secondary N) is 1. The fourth-order valence-corrected chi connectivity index (χ4v) is 2.12. The van der Waals surface area contributed by atoms with Crippen molar-refractivity contribution in [3.63, 3.8) is 0 Å². The maximum Gasteiger partial charge on any atom is 0.180 e. The highest BCUT2D eigenvalue weighted by Gasteiger charge is 2.20. The van der Waals surface area contributed by atoms with E-state index in [-0.39, 0.29) is 0 Å². The molecule has 1 fully saturated rings. The highest BCUT2D eigenvalue weighted by atomic mass is 35.5. The lowest BCUT2D eigenvalue weighted by atomic mass is 10.3. The topological polar surface area (TPSA) is 50.7 Å². The molecule has 1 aliphatic rings. The zero-order chi connectivity index (χ0) is 13.2. The highest BCUT2D eigenvalue weighted by molar-refractivity contribution is 6.32. The molecule has 0 radical (unpaired) electrons. The number of halogens is 1. The third-order valence-corrected chi connectivity index (χ3v) is 3.33. The molecule has 19 heavy (non-hydrogen) atoms. The fourth-order valence-electron chi connectivity index (χ4n) is 1.92. The number of pyridine rings is 1. The summed E-state index contributed by atoms with van der Waals surface area (Å²) in [6.45, 7) is 2.73. The number of aryl methyl sites for hydroxylation is 1. The van der Waals surface area contributed by atoms with Crippen molar-refractivity contribution in [1.29, 1.82) is 0 Å². The van der Waals surface area contributed by atoms with Gasteiger partial charge in [0.05, 0.1) is 10.7 Å². The lowest BCUT2D eigenvalue weighted by Gasteiger charge is -2.07. The molecule has 1 aliphatic carbocycles. The van der Waals surface area contributed by atoms with Crippen LogP contribution in [0.3, 0.4) is 0 Å². The van der Waals surface area contributed by atoms with Crippen molar-refractivity contribution in [1.82, 2.24) is 20.3 Å². The molecule has 5 heteroatoms. The van der Waals surface area contributed by atoms with E-state index in [1.54, 1.807) is 18.3 Å². The summed E-state index contributed by atoms with van der Waals surface area (Å²) in [6.07, 6.45) is 4.24. The lowest BCUT2D eigenvalue weighted by molar-refractivity contribution is 0.672. The van der Waals surface area contributed by atoms with Crippen LogP contribution in [0.15, 0.2) is 24.4 Å². The molecule has 0 spiro atoms. The Morgan fingerprint density at radius 1 is 1.37 bits per heavy atom. The zero-order valence-electron chi connectivity index (χ0n) is 10.7. The van der Waals surface area contributed by atoms with Gasteiger partial charge in [-0.15, -0.1) is 0 Å². The molecule has 2 aromatic heterocycles. The quantitative estimate of drug-likeness (QED) is 0.931. The van der Waals surface area contributed by atoms with E-state index in [0.29, 0.717) is 22.6 Å². The Kier molecular flexibility index (Phi) is 3.44. The summed E-state index contributed by atoms with van der Waals surface area (Å²) in [5.74, 6) is 0.596. The monoisotopic (exact) mass is 274 g/mol. The number of aromatic nitrogens is 3. The molecule has 0 aliphatic heterocycles. The lowest BCUT2D eigenvalue weighted by Crippen LogP contribution is -2.17. The molecule has 3 rings (SSSR count). The summed E-state index contributed by atoms with van der Waals surface area (Å²) in [5.41, 5.74) is 2.55. The van der Waals surface area contributed by atoms with E-state index < -0.39 is 0 Å². The van der Waals surface area contributed by atoms with Crippen LogP contribution in [0, 0.1) is 6.92 Å². The van der Waals surface area contributed by atoms with Crippen LogP contribution in [-0.4, -0.2) is 21.0 Å². The van der Waals surface area contributed by atoms with Gasteiger partial charge in [0.25, 0.3) is 0 Å². The first kappa shape index (κ1) is 12.5. The Morgan fingerprint density at radius 2 is 2.21 bits per heavy atom. The molecule has 0 bridgehead atoms. The Hall–Kier alpha value is -1.52. The van der Waals surface area contributed by atoms with Crippen molar-refractivity contribution in [2.75, 3.05) is 0 Å². The summed E-state index contributed by atoms with van der Waals surface area (Å²) >= 11 is 6.14. The minimum absolute atomic E-state index is 0.578. The van der Waals surface area contributed by atoms with Crippen LogP contribution < -0.4 is 5.32 Å². The molecule has 2 heterocycles. The normalized spacial score (nSPS) is 14.6. The first-order valence-electron chi connectivity index (χ1n) is 6.41. The van der Waals surface area contributed by atoms with Crippen molar-refractivity contribution in [3.05, 3.63) is 40.8 Å². The average molecular weight is 275 g/mol. The van der Waals surface area contributed by atoms with E-state index in [9.17, 15) is 0 Å². The second-order valence-electron chi connectivity index (χ2n) is 4.81. The van der Waals surface area contributed by atoms with Crippen molar-refractivity contribution >= 4 is 11.6 Å². The maximum absolute atomic E-state index is 6.14. The van der Waals surface area contributed by atoms with Crippen LogP contribution >= 0.6 is 11.6 Å². The van der Waals surface area contributed by atoms with Crippen LogP contribution in [0.25, 0.3) is 11.5 Å². The third-order valence-electron chi connectivity index (χ3n) is 3.03. The van der Waals surface area contributed by atoms with Crippen molar-refractivity contribution in [3.8, 4) is 11.5 Å². The first-order chi connectivity index (χ1) is 9.22. The molecule has 2 aromatic rings. The largest absolute Gasteiger partial charge is 0.308 e. The van der Waals surface area contributed by atoms with Gasteiger partial charge in [-0.05, 0) is 38.0 Å². The Morgan fingerprint density at radius 3 is 2.95 bits per heavy atom. The van der Waals surface area contributed by atoms with Crippen molar-refractivity contribution < 1.29 is 0 Å².